The van der Waals surface area contributed by atoms with Crippen molar-refractivity contribution in [2.45, 2.75) is 64.0 Å². The van der Waals surface area contributed by atoms with Gasteiger partial charge in [0.25, 0.3) is 11.8 Å². The number of aliphatic imine (C=N–C) groups is 1. The Morgan fingerprint density at radius 2 is 1.60 bits per heavy atom. The largest absolute Gasteiger partial charge is 0.573 e. The molecular weight excluding hydrogens is 613 g/mol. The third-order valence-electron chi connectivity index (χ3n) is 8.63. The summed E-state index contributed by atoms with van der Waals surface area (Å²) in [4.78, 5) is 32.3. The standard InChI is InChI=1S/C31H35F3N4O6S/c1-20-18-23(27(39)37-13-9-29(3,41)10-14-37)19-21(2)25(20)8-17-45(42,43)38-15-11-30(12-16-38)28(40)35-26(36-30)22-4-6-24(7-5-22)44-31(32,33)34/h4-8,17-19,41H,9-16H2,1-3H3,(H,35,36,40). The van der Waals surface area contributed by atoms with E-state index in [2.05, 4.69) is 15.0 Å². The number of halogens is 3. The number of nitrogens with zero attached hydrogens (tertiary/aromatic N) is 3. The number of alkyl halides is 3. The maximum absolute atomic E-state index is 13.2. The van der Waals surface area contributed by atoms with Crippen molar-refractivity contribution in [3.8, 4) is 5.75 Å². The van der Waals surface area contributed by atoms with Gasteiger partial charge in [-0.15, -0.1) is 13.2 Å². The zero-order chi connectivity index (χ0) is 32.8. The molecule has 10 nitrogen and oxygen atoms in total. The van der Waals surface area contributed by atoms with Crippen molar-refractivity contribution >= 4 is 33.7 Å². The van der Waals surface area contributed by atoms with Gasteiger partial charge in [-0.2, -0.15) is 4.31 Å². The molecule has 0 bridgehead atoms. The molecule has 1 spiro atoms. The highest BCUT2D eigenvalue weighted by Gasteiger charge is 2.47. The molecule has 242 valence electrons. The van der Waals surface area contributed by atoms with Crippen LogP contribution in [0.5, 0.6) is 5.75 Å². The minimum atomic E-state index is -4.82. The van der Waals surface area contributed by atoms with Crippen LogP contribution in [0.4, 0.5) is 13.2 Å². The van der Waals surface area contributed by atoms with Crippen molar-refractivity contribution in [3.63, 3.8) is 0 Å². The Hall–Kier alpha value is -3.75. The zero-order valence-corrected chi connectivity index (χ0v) is 26.0. The third kappa shape index (κ3) is 7.23. The highest BCUT2D eigenvalue weighted by atomic mass is 32.2. The smallest absolute Gasteiger partial charge is 0.406 e. The molecule has 0 aromatic heterocycles. The minimum Gasteiger partial charge on any atom is -0.406 e. The summed E-state index contributed by atoms with van der Waals surface area (Å²) in [6, 6.07) is 8.44. The Labute approximate surface area is 259 Å². The lowest BCUT2D eigenvalue weighted by molar-refractivity contribution is -0.274. The molecule has 2 saturated heterocycles. The van der Waals surface area contributed by atoms with Crippen molar-refractivity contribution < 1.29 is 41.0 Å². The normalized spacial score (nSPS) is 20.4. The minimum absolute atomic E-state index is 0.0450. The van der Waals surface area contributed by atoms with E-state index in [4.69, 9.17) is 0 Å². The number of amidine groups is 1. The van der Waals surface area contributed by atoms with Crippen LogP contribution in [0, 0.1) is 13.8 Å². The maximum atomic E-state index is 13.2. The van der Waals surface area contributed by atoms with Crippen molar-refractivity contribution in [3.05, 3.63) is 69.6 Å². The van der Waals surface area contributed by atoms with Crippen molar-refractivity contribution in [2.75, 3.05) is 26.2 Å². The quantitative estimate of drug-likeness (QED) is 0.489. The maximum Gasteiger partial charge on any atom is 0.573 e. The van der Waals surface area contributed by atoms with Gasteiger partial charge in [0.1, 0.15) is 17.1 Å². The predicted molar refractivity (Wildman–Crippen MR) is 161 cm³/mol. The number of carbonyl (C=O) groups excluding carboxylic acids is 2. The zero-order valence-electron chi connectivity index (χ0n) is 25.1. The molecule has 2 aromatic carbocycles. The Kier molecular flexibility index (Phi) is 8.62. The Morgan fingerprint density at radius 1 is 1.02 bits per heavy atom. The van der Waals surface area contributed by atoms with Gasteiger partial charge >= 0.3 is 6.36 Å². The van der Waals surface area contributed by atoms with Crippen molar-refractivity contribution in [2.24, 2.45) is 4.99 Å². The second-order valence-electron chi connectivity index (χ2n) is 12.1. The van der Waals surface area contributed by atoms with Crippen molar-refractivity contribution in [1.82, 2.24) is 14.5 Å². The van der Waals surface area contributed by atoms with E-state index >= 15 is 0 Å². The summed E-state index contributed by atoms with van der Waals surface area (Å²) in [5.74, 6) is -0.719. The highest BCUT2D eigenvalue weighted by Crippen LogP contribution is 2.33. The van der Waals surface area contributed by atoms with E-state index in [9.17, 15) is 36.3 Å². The van der Waals surface area contributed by atoms with Gasteiger partial charge in [-0.05, 0) is 106 Å². The summed E-state index contributed by atoms with van der Waals surface area (Å²) >= 11 is 0. The van der Waals surface area contributed by atoms with E-state index < -0.39 is 39.2 Å². The lowest BCUT2D eigenvalue weighted by atomic mass is 9.89. The summed E-state index contributed by atoms with van der Waals surface area (Å²) in [6.45, 7) is 6.40. The molecule has 0 radical (unpaired) electrons. The van der Waals surface area contributed by atoms with Crippen LogP contribution in [0.2, 0.25) is 0 Å². The van der Waals surface area contributed by atoms with E-state index in [1.165, 1.54) is 22.5 Å². The lowest BCUT2D eigenvalue weighted by Crippen LogP contribution is -2.50. The van der Waals surface area contributed by atoms with Crippen LogP contribution < -0.4 is 10.1 Å². The first-order valence-corrected chi connectivity index (χ1v) is 16.1. The fourth-order valence-electron chi connectivity index (χ4n) is 5.89. The number of ether oxygens (including phenoxy) is 1. The molecule has 3 aliphatic heterocycles. The molecule has 0 atom stereocenters. The van der Waals surface area contributed by atoms with Gasteiger partial charge in [0.05, 0.1) is 5.60 Å². The molecule has 2 aromatic rings. The van der Waals surface area contributed by atoms with E-state index in [1.807, 2.05) is 13.8 Å². The van der Waals surface area contributed by atoms with E-state index in [-0.39, 0.29) is 37.7 Å². The Balaban J connectivity index is 1.24. The summed E-state index contributed by atoms with van der Waals surface area (Å²) in [5, 5.41) is 14.0. The number of hydrogen-bond donors (Lipinski definition) is 2. The number of rotatable bonds is 6. The molecule has 0 aliphatic carbocycles. The number of aliphatic hydroxyl groups is 1. The number of piperidine rings is 2. The lowest BCUT2D eigenvalue weighted by Gasteiger charge is -2.36. The fraction of sp³-hybridized carbons (Fsp3) is 0.452. The predicted octanol–water partition coefficient (Wildman–Crippen LogP) is 3.90. The van der Waals surface area contributed by atoms with Crippen LogP contribution >= 0.6 is 0 Å². The summed E-state index contributed by atoms with van der Waals surface area (Å²) < 4.78 is 69.1. The molecule has 0 unspecified atom stereocenters. The molecule has 2 fully saturated rings. The van der Waals surface area contributed by atoms with Crippen LogP contribution in [0.15, 0.2) is 46.8 Å². The summed E-state index contributed by atoms with van der Waals surface area (Å²) in [6.07, 6.45) is -2.04. The molecular formula is C31H35F3N4O6S. The second-order valence-corrected chi connectivity index (χ2v) is 13.9. The van der Waals surface area contributed by atoms with E-state index in [1.54, 1.807) is 24.0 Å². The number of hydrogen-bond acceptors (Lipinski definition) is 7. The molecule has 2 amide bonds. The topological polar surface area (TPSA) is 129 Å². The van der Waals surface area contributed by atoms with Crippen LogP contribution in [0.25, 0.3) is 6.08 Å². The molecule has 3 aliphatic rings. The SMILES string of the molecule is Cc1cc(C(=O)N2CCC(C)(O)CC2)cc(C)c1C=CS(=O)(=O)N1CCC2(CC1)N=C(c1ccc(OC(F)(F)F)cc1)NC2=O. The van der Waals surface area contributed by atoms with Gasteiger partial charge in [-0.1, -0.05) is 0 Å². The first-order chi connectivity index (χ1) is 21.0. The van der Waals surface area contributed by atoms with Crippen LogP contribution in [-0.4, -0.2) is 84.1 Å². The Bertz CT molecular complexity index is 1630. The Morgan fingerprint density at radius 3 is 2.16 bits per heavy atom. The average molecular weight is 649 g/mol. The molecule has 45 heavy (non-hydrogen) atoms. The number of carbonyl (C=O) groups is 2. The number of likely N-dealkylation sites (tertiary alicyclic amines) is 1. The third-order valence-corrected chi connectivity index (χ3v) is 10.2. The number of sulfonamides is 1. The van der Waals surface area contributed by atoms with Crippen LogP contribution in [-0.2, 0) is 14.8 Å². The molecule has 5 rings (SSSR count). The monoisotopic (exact) mass is 648 g/mol. The number of amides is 2. The van der Waals surface area contributed by atoms with Crippen molar-refractivity contribution in [1.29, 1.82) is 0 Å². The van der Waals surface area contributed by atoms with E-state index in [0.29, 0.717) is 42.6 Å². The van der Waals surface area contributed by atoms with Gasteiger partial charge in [0, 0.05) is 42.7 Å². The number of benzene rings is 2. The average Bonchev–Trinajstić information content (AvgIpc) is 3.26. The summed E-state index contributed by atoms with van der Waals surface area (Å²) in [5.41, 5.74) is 1.13. The van der Waals surface area contributed by atoms with Gasteiger partial charge in [-0.25, -0.2) is 8.42 Å². The van der Waals surface area contributed by atoms with Crippen LogP contribution in [0.3, 0.4) is 0 Å². The van der Waals surface area contributed by atoms with Gasteiger partial charge in [0.15, 0.2) is 0 Å². The molecule has 14 heteroatoms. The fourth-order valence-corrected chi connectivity index (χ4v) is 7.06. The van der Waals surface area contributed by atoms with E-state index in [0.717, 1.165) is 28.7 Å². The van der Waals surface area contributed by atoms with Gasteiger partial charge in [-0.3, -0.25) is 14.6 Å². The highest BCUT2D eigenvalue weighted by molar-refractivity contribution is 7.92. The second kappa shape index (κ2) is 11.9. The first-order valence-electron chi connectivity index (χ1n) is 14.6. The molecule has 0 saturated carbocycles. The number of nitrogens with one attached hydrogen (secondary N) is 1. The summed E-state index contributed by atoms with van der Waals surface area (Å²) in [7, 11) is -3.85. The number of aryl methyl sites for hydroxylation is 2. The van der Waals surface area contributed by atoms with Gasteiger partial charge < -0.3 is 20.1 Å². The molecule has 2 N–H and O–H groups in total. The first kappa shape index (κ1) is 32.6. The van der Waals surface area contributed by atoms with Crippen LogP contribution in [0.1, 0.15) is 65.2 Å². The molecule has 3 heterocycles. The van der Waals surface area contributed by atoms with Gasteiger partial charge in [0.2, 0.25) is 10.0 Å².